The molecule has 0 spiro atoms. The van der Waals surface area contributed by atoms with Crippen molar-refractivity contribution in [1.82, 2.24) is 5.32 Å². The summed E-state index contributed by atoms with van der Waals surface area (Å²) in [5, 5.41) is 11.3. The third kappa shape index (κ3) is 6.85. The molecule has 0 heterocycles. The third-order valence-corrected chi connectivity index (χ3v) is 2.43. The number of carbonyl (C=O) groups is 3. The van der Waals surface area contributed by atoms with E-state index in [1.807, 2.05) is 0 Å². The molecule has 0 aliphatic carbocycles. The summed E-state index contributed by atoms with van der Waals surface area (Å²) in [6.07, 6.45) is 0.115. The molecule has 0 saturated heterocycles. The Morgan fingerprint density at radius 1 is 1.39 bits per heavy atom. The summed E-state index contributed by atoms with van der Waals surface area (Å²) in [6.45, 7) is 2.15. The molecule has 0 radical (unpaired) electrons. The molecule has 7 nitrogen and oxygen atoms in total. The molecule has 4 N–H and O–H groups in total. The van der Waals surface area contributed by atoms with Gasteiger partial charge in [0, 0.05) is 12.8 Å². The van der Waals surface area contributed by atoms with E-state index < -0.39 is 18.0 Å². The second kappa shape index (κ2) is 8.46. The van der Waals surface area contributed by atoms with Crippen LogP contribution in [0.1, 0.15) is 26.2 Å². The number of carboxylic acid groups (broad SMARTS) is 1. The second-order valence-electron chi connectivity index (χ2n) is 4.12. The molecule has 0 bridgehead atoms. The highest BCUT2D eigenvalue weighted by atomic mass is 16.5. The number of nitrogens with one attached hydrogen (secondary N) is 1. The van der Waals surface area contributed by atoms with E-state index in [0.717, 1.165) is 0 Å². The van der Waals surface area contributed by atoms with Crippen LogP contribution in [0, 0.1) is 5.92 Å². The molecule has 0 saturated carbocycles. The highest BCUT2D eigenvalue weighted by molar-refractivity contribution is 5.84. The molecule has 0 aromatic heterocycles. The van der Waals surface area contributed by atoms with Gasteiger partial charge in [0.15, 0.2) is 0 Å². The highest BCUT2D eigenvalue weighted by Gasteiger charge is 2.21. The number of hydrogen-bond donors (Lipinski definition) is 3. The van der Waals surface area contributed by atoms with E-state index in [9.17, 15) is 14.4 Å². The van der Waals surface area contributed by atoms with E-state index >= 15 is 0 Å². The summed E-state index contributed by atoms with van der Waals surface area (Å²) in [6, 6.07) is -1.08. The van der Waals surface area contributed by atoms with Crippen LogP contribution in [0.3, 0.4) is 0 Å². The highest BCUT2D eigenvalue weighted by Crippen LogP contribution is 2.03. The summed E-state index contributed by atoms with van der Waals surface area (Å²) < 4.78 is 4.41. The van der Waals surface area contributed by atoms with Crippen molar-refractivity contribution in [3.05, 3.63) is 0 Å². The smallest absolute Gasteiger partial charge is 0.326 e. The van der Waals surface area contributed by atoms with E-state index in [1.165, 1.54) is 7.11 Å². The van der Waals surface area contributed by atoms with Crippen LogP contribution in [0.15, 0.2) is 0 Å². The molecule has 18 heavy (non-hydrogen) atoms. The fourth-order valence-corrected chi connectivity index (χ4v) is 1.27. The van der Waals surface area contributed by atoms with E-state index in [2.05, 4.69) is 10.1 Å². The van der Waals surface area contributed by atoms with Crippen molar-refractivity contribution in [3.8, 4) is 0 Å². The predicted octanol–water partition coefficient (Wildman–Crippen LogP) is -0.506. The third-order valence-electron chi connectivity index (χ3n) is 2.43. The average molecular weight is 260 g/mol. The van der Waals surface area contributed by atoms with Gasteiger partial charge < -0.3 is 20.9 Å². The van der Waals surface area contributed by atoms with Gasteiger partial charge in [-0.1, -0.05) is 6.92 Å². The van der Waals surface area contributed by atoms with E-state index in [-0.39, 0.29) is 31.1 Å². The van der Waals surface area contributed by atoms with Gasteiger partial charge in [0.1, 0.15) is 6.04 Å². The van der Waals surface area contributed by atoms with E-state index in [0.29, 0.717) is 6.54 Å². The van der Waals surface area contributed by atoms with Crippen LogP contribution in [0.5, 0.6) is 0 Å². The Hall–Kier alpha value is -1.63. The molecular weight excluding hydrogens is 240 g/mol. The lowest BCUT2D eigenvalue weighted by Gasteiger charge is -2.15. The number of amides is 1. The summed E-state index contributed by atoms with van der Waals surface area (Å²) in [4.78, 5) is 33.3. The largest absolute Gasteiger partial charge is 0.480 e. The van der Waals surface area contributed by atoms with Gasteiger partial charge in [-0.25, -0.2) is 4.79 Å². The Bertz CT molecular complexity index is 306. The number of rotatable bonds is 8. The van der Waals surface area contributed by atoms with Crippen LogP contribution in [0.2, 0.25) is 0 Å². The van der Waals surface area contributed by atoms with Crippen molar-refractivity contribution in [3.63, 3.8) is 0 Å². The van der Waals surface area contributed by atoms with E-state index in [4.69, 9.17) is 10.8 Å². The summed E-state index contributed by atoms with van der Waals surface area (Å²) in [5.74, 6) is -2.08. The molecule has 2 atom stereocenters. The van der Waals surface area contributed by atoms with Gasteiger partial charge in [-0.3, -0.25) is 9.59 Å². The first-order chi connectivity index (χ1) is 8.40. The Labute approximate surface area is 106 Å². The number of carboxylic acids is 1. The molecule has 0 aromatic rings. The maximum Gasteiger partial charge on any atom is 0.326 e. The number of ether oxygens (including phenoxy) is 1. The molecule has 1 amide bonds. The normalized spacial score (nSPS) is 13.5. The van der Waals surface area contributed by atoms with Crippen LogP contribution in [0.4, 0.5) is 0 Å². The van der Waals surface area contributed by atoms with Crippen molar-refractivity contribution in [2.24, 2.45) is 11.7 Å². The lowest BCUT2D eigenvalue weighted by Crippen LogP contribution is -2.42. The number of methoxy groups -OCH3 is 1. The van der Waals surface area contributed by atoms with Crippen LogP contribution < -0.4 is 11.1 Å². The maximum absolute atomic E-state index is 11.5. The Balaban J connectivity index is 4.23. The quantitative estimate of drug-likeness (QED) is 0.506. The molecule has 0 fully saturated rings. The second-order valence-corrected chi connectivity index (χ2v) is 4.12. The van der Waals surface area contributed by atoms with Crippen LogP contribution in [-0.4, -0.2) is 42.6 Å². The first kappa shape index (κ1) is 16.4. The predicted molar refractivity (Wildman–Crippen MR) is 63.7 cm³/mol. The Kier molecular flexibility index (Phi) is 7.69. The van der Waals surface area contributed by atoms with Gasteiger partial charge >= 0.3 is 11.9 Å². The number of carbonyl (C=O) groups excluding carboxylic acids is 2. The molecule has 0 aliphatic heterocycles. The van der Waals surface area contributed by atoms with Gasteiger partial charge in [0.2, 0.25) is 5.91 Å². The fraction of sp³-hybridized carbons (Fsp3) is 0.727. The molecule has 0 rings (SSSR count). The minimum Gasteiger partial charge on any atom is -0.480 e. The molecule has 7 heteroatoms. The zero-order valence-electron chi connectivity index (χ0n) is 10.6. The minimum atomic E-state index is -1.17. The summed E-state index contributed by atoms with van der Waals surface area (Å²) in [7, 11) is 1.22. The van der Waals surface area contributed by atoms with Crippen molar-refractivity contribution in [2.75, 3.05) is 13.7 Å². The summed E-state index contributed by atoms with van der Waals surface area (Å²) >= 11 is 0. The van der Waals surface area contributed by atoms with Gasteiger partial charge in [0.05, 0.1) is 7.11 Å². The zero-order chi connectivity index (χ0) is 14.1. The van der Waals surface area contributed by atoms with Crippen molar-refractivity contribution >= 4 is 17.8 Å². The maximum atomic E-state index is 11.5. The van der Waals surface area contributed by atoms with Crippen molar-refractivity contribution in [1.29, 1.82) is 0 Å². The molecule has 1 unspecified atom stereocenters. The van der Waals surface area contributed by atoms with E-state index in [1.54, 1.807) is 6.92 Å². The number of aliphatic carboxylic acids is 1. The lowest BCUT2D eigenvalue weighted by molar-refractivity contribution is -0.144. The number of hydrogen-bond acceptors (Lipinski definition) is 5. The Morgan fingerprint density at radius 3 is 2.44 bits per heavy atom. The van der Waals surface area contributed by atoms with Crippen LogP contribution >= 0.6 is 0 Å². The minimum absolute atomic E-state index is 0.00471. The monoisotopic (exact) mass is 260 g/mol. The van der Waals surface area contributed by atoms with Crippen molar-refractivity contribution < 1.29 is 24.2 Å². The van der Waals surface area contributed by atoms with Gasteiger partial charge in [-0.05, 0) is 18.9 Å². The van der Waals surface area contributed by atoms with Gasteiger partial charge in [-0.15, -0.1) is 0 Å². The summed E-state index contributed by atoms with van der Waals surface area (Å²) in [5.41, 5.74) is 5.37. The molecular formula is C11H20N2O5. The number of nitrogens with two attached hydrogens (primary N) is 1. The molecule has 0 aliphatic rings. The molecule has 0 aromatic carbocycles. The first-order valence-corrected chi connectivity index (χ1v) is 5.69. The standard InChI is InChI=1S/C11H20N2O5/c1-7(6-12)5-9(14)13-8(11(16)17)3-4-10(15)18-2/h7-8H,3-6,12H2,1-2H3,(H,13,14)(H,16,17)/t7?,8-/m0/s1. The average Bonchev–Trinajstić information content (AvgIpc) is 2.33. The number of esters is 1. The SMILES string of the molecule is COC(=O)CC[C@H](NC(=O)CC(C)CN)C(=O)O. The van der Waals surface area contributed by atoms with Gasteiger partial charge in [-0.2, -0.15) is 0 Å². The van der Waals surface area contributed by atoms with Crippen LogP contribution in [0.25, 0.3) is 0 Å². The molecule has 104 valence electrons. The zero-order valence-corrected chi connectivity index (χ0v) is 10.6. The first-order valence-electron chi connectivity index (χ1n) is 5.69. The fourth-order valence-electron chi connectivity index (χ4n) is 1.27. The topological polar surface area (TPSA) is 119 Å². The van der Waals surface area contributed by atoms with Crippen molar-refractivity contribution in [2.45, 2.75) is 32.2 Å². The lowest BCUT2D eigenvalue weighted by atomic mass is 10.1. The Morgan fingerprint density at radius 2 is 2.00 bits per heavy atom. The van der Waals surface area contributed by atoms with Crippen LogP contribution in [-0.2, 0) is 19.1 Å². The van der Waals surface area contributed by atoms with Gasteiger partial charge in [0.25, 0.3) is 0 Å².